The Balaban J connectivity index is 1.92. The summed E-state index contributed by atoms with van der Waals surface area (Å²) in [6, 6.07) is 7.63. The number of hydrogen-bond donors (Lipinski definition) is 1. The van der Waals surface area contributed by atoms with E-state index >= 15 is 0 Å². The van der Waals surface area contributed by atoms with Gasteiger partial charge >= 0.3 is 0 Å². The number of alkyl halides is 2. The number of hydrogen-bond acceptors (Lipinski definition) is 3. The molecule has 2 unspecified atom stereocenters. The number of nitrogens with one attached hydrogen (secondary N) is 1. The lowest BCUT2D eigenvalue weighted by molar-refractivity contribution is 0.141. The van der Waals surface area contributed by atoms with Crippen LogP contribution in [0.25, 0.3) is 10.9 Å². The van der Waals surface area contributed by atoms with Gasteiger partial charge in [0.2, 0.25) is 0 Å². The van der Waals surface area contributed by atoms with Crippen LogP contribution >= 0.6 is 0 Å². The van der Waals surface area contributed by atoms with E-state index in [2.05, 4.69) is 22.2 Å². The maximum Gasteiger partial charge on any atom is 0.297 e. The molecule has 5 heteroatoms. The Kier molecular flexibility index (Phi) is 3.51. The zero-order chi connectivity index (χ0) is 14.1. The summed E-state index contributed by atoms with van der Waals surface area (Å²) in [4.78, 5) is 7.92. The zero-order valence-corrected chi connectivity index (χ0v) is 11.3. The molecule has 0 radical (unpaired) electrons. The molecule has 1 heterocycles. The minimum atomic E-state index is -2.65. The van der Waals surface area contributed by atoms with E-state index in [1.54, 1.807) is 12.1 Å². The molecule has 3 nitrogen and oxygen atoms in total. The zero-order valence-electron chi connectivity index (χ0n) is 11.3. The van der Waals surface area contributed by atoms with Crippen LogP contribution in [0.3, 0.4) is 0 Å². The SMILES string of the molecule is CCCC1CC1Nc1nc(C(F)F)nc2ccccc12. The van der Waals surface area contributed by atoms with Crippen LogP contribution in [-0.4, -0.2) is 16.0 Å². The third-order valence-corrected chi connectivity index (χ3v) is 3.72. The van der Waals surface area contributed by atoms with Crippen LogP contribution in [0, 0.1) is 5.92 Å². The highest BCUT2D eigenvalue weighted by molar-refractivity contribution is 5.89. The topological polar surface area (TPSA) is 37.8 Å². The molecular formula is C15H17F2N3. The monoisotopic (exact) mass is 277 g/mol. The van der Waals surface area contributed by atoms with Crippen molar-refractivity contribution in [2.24, 2.45) is 5.92 Å². The van der Waals surface area contributed by atoms with Gasteiger partial charge in [-0.3, -0.25) is 0 Å². The molecule has 0 saturated heterocycles. The highest BCUT2D eigenvalue weighted by atomic mass is 19.3. The molecule has 1 N–H and O–H groups in total. The van der Waals surface area contributed by atoms with Gasteiger partial charge < -0.3 is 5.32 Å². The molecule has 2 aromatic rings. The van der Waals surface area contributed by atoms with Crippen molar-refractivity contribution in [2.45, 2.75) is 38.7 Å². The van der Waals surface area contributed by atoms with Gasteiger partial charge in [0.15, 0.2) is 5.82 Å². The van der Waals surface area contributed by atoms with Gasteiger partial charge in [-0.05, 0) is 30.9 Å². The Morgan fingerprint density at radius 2 is 2.10 bits per heavy atom. The average molecular weight is 277 g/mol. The number of benzene rings is 1. The first-order chi connectivity index (χ1) is 9.69. The number of halogens is 2. The summed E-state index contributed by atoms with van der Waals surface area (Å²) < 4.78 is 25.7. The van der Waals surface area contributed by atoms with E-state index in [9.17, 15) is 8.78 Å². The molecule has 1 saturated carbocycles. The number of anilines is 1. The lowest BCUT2D eigenvalue weighted by Gasteiger charge is -2.10. The lowest BCUT2D eigenvalue weighted by Crippen LogP contribution is -2.09. The number of nitrogens with zero attached hydrogens (tertiary/aromatic N) is 2. The molecule has 1 aromatic carbocycles. The van der Waals surface area contributed by atoms with Crippen molar-refractivity contribution in [3.05, 3.63) is 30.1 Å². The highest BCUT2D eigenvalue weighted by Gasteiger charge is 2.36. The predicted molar refractivity (Wildman–Crippen MR) is 74.9 cm³/mol. The molecule has 20 heavy (non-hydrogen) atoms. The summed E-state index contributed by atoms with van der Waals surface area (Å²) in [5.74, 6) is 0.775. The van der Waals surface area contributed by atoms with Gasteiger partial charge in [0.1, 0.15) is 5.82 Å². The molecule has 1 aliphatic carbocycles. The summed E-state index contributed by atoms with van der Waals surface area (Å²) in [5, 5.41) is 4.11. The van der Waals surface area contributed by atoms with Crippen LogP contribution < -0.4 is 5.32 Å². The van der Waals surface area contributed by atoms with Gasteiger partial charge in [-0.25, -0.2) is 18.7 Å². The molecule has 1 aromatic heterocycles. The molecule has 0 bridgehead atoms. The molecule has 0 aliphatic heterocycles. The summed E-state index contributed by atoms with van der Waals surface area (Å²) in [6.45, 7) is 2.16. The van der Waals surface area contributed by atoms with Crippen LogP contribution in [0.1, 0.15) is 38.4 Å². The fraction of sp³-hybridized carbons (Fsp3) is 0.467. The molecule has 0 amide bonds. The fourth-order valence-corrected chi connectivity index (χ4v) is 2.59. The predicted octanol–water partition coefficient (Wildman–Crippen LogP) is 4.17. The standard InChI is InChI=1S/C15H17F2N3/c1-2-5-9-8-12(9)19-14-10-6-3-4-7-11(10)18-15(20-14)13(16)17/h3-4,6-7,9,12-13H,2,5,8H2,1H3,(H,18,19,20). The maximum absolute atomic E-state index is 12.9. The van der Waals surface area contributed by atoms with Gasteiger partial charge in [-0.1, -0.05) is 25.5 Å². The fourth-order valence-electron chi connectivity index (χ4n) is 2.59. The molecule has 0 spiro atoms. The second-order valence-electron chi connectivity index (χ2n) is 5.28. The second-order valence-corrected chi connectivity index (χ2v) is 5.28. The third-order valence-electron chi connectivity index (χ3n) is 3.72. The third kappa shape index (κ3) is 2.57. The van der Waals surface area contributed by atoms with E-state index in [1.165, 1.54) is 6.42 Å². The Bertz CT molecular complexity index is 615. The highest BCUT2D eigenvalue weighted by Crippen LogP contribution is 2.38. The summed E-state index contributed by atoms with van der Waals surface area (Å²) in [5.41, 5.74) is 0.563. The van der Waals surface area contributed by atoms with E-state index in [1.807, 2.05) is 12.1 Å². The first-order valence-electron chi connectivity index (χ1n) is 7.00. The van der Waals surface area contributed by atoms with Crippen molar-refractivity contribution in [1.82, 2.24) is 9.97 Å². The van der Waals surface area contributed by atoms with E-state index in [4.69, 9.17) is 0 Å². The van der Waals surface area contributed by atoms with Crippen molar-refractivity contribution >= 4 is 16.7 Å². The average Bonchev–Trinajstić information content (AvgIpc) is 3.17. The van der Waals surface area contributed by atoms with Crippen LogP contribution in [0.2, 0.25) is 0 Å². The quantitative estimate of drug-likeness (QED) is 0.891. The molecule has 1 fully saturated rings. The second kappa shape index (κ2) is 5.31. The summed E-state index contributed by atoms with van der Waals surface area (Å²) >= 11 is 0. The maximum atomic E-state index is 12.9. The van der Waals surface area contributed by atoms with Gasteiger partial charge in [-0.15, -0.1) is 0 Å². The molecule has 106 valence electrons. The lowest BCUT2D eigenvalue weighted by atomic mass is 10.2. The van der Waals surface area contributed by atoms with Crippen LogP contribution in [0.15, 0.2) is 24.3 Å². The van der Waals surface area contributed by atoms with Crippen LogP contribution in [0.5, 0.6) is 0 Å². The molecule has 1 aliphatic rings. The molecule has 2 atom stereocenters. The summed E-state index contributed by atoms with van der Waals surface area (Å²) in [6.07, 6.45) is 0.764. The molecular weight excluding hydrogens is 260 g/mol. The summed E-state index contributed by atoms with van der Waals surface area (Å²) in [7, 11) is 0. The minimum absolute atomic E-state index is 0.360. The van der Waals surface area contributed by atoms with E-state index in [0.29, 0.717) is 23.3 Å². The number of para-hydroxylation sites is 1. The minimum Gasteiger partial charge on any atom is -0.366 e. The Hall–Kier alpha value is -1.78. The van der Waals surface area contributed by atoms with E-state index < -0.39 is 12.2 Å². The van der Waals surface area contributed by atoms with Gasteiger partial charge in [0.05, 0.1) is 5.52 Å². The first kappa shape index (κ1) is 13.2. The molecule has 3 rings (SSSR count). The van der Waals surface area contributed by atoms with Gasteiger partial charge in [0.25, 0.3) is 6.43 Å². The van der Waals surface area contributed by atoms with Crippen molar-refractivity contribution < 1.29 is 8.78 Å². The van der Waals surface area contributed by atoms with Gasteiger partial charge in [-0.2, -0.15) is 0 Å². The van der Waals surface area contributed by atoms with Crippen LogP contribution in [-0.2, 0) is 0 Å². The smallest absolute Gasteiger partial charge is 0.297 e. The number of rotatable bonds is 5. The van der Waals surface area contributed by atoms with Crippen molar-refractivity contribution in [3.63, 3.8) is 0 Å². The van der Waals surface area contributed by atoms with Crippen LogP contribution in [0.4, 0.5) is 14.6 Å². The van der Waals surface area contributed by atoms with Crippen molar-refractivity contribution in [2.75, 3.05) is 5.32 Å². The number of fused-ring (bicyclic) bond motifs is 1. The van der Waals surface area contributed by atoms with Crippen molar-refractivity contribution in [1.29, 1.82) is 0 Å². The van der Waals surface area contributed by atoms with Gasteiger partial charge in [0, 0.05) is 11.4 Å². The van der Waals surface area contributed by atoms with Crippen molar-refractivity contribution in [3.8, 4) is 0 Å². The first-order valence-corrected chi connectivity index (χ1v) is 7.00. The van der Waals surface area contributed by atoms with E-state index in [-0.39, 0.29) is 0 Å². The normalized spacial score (nSPS) is 21.4. The number of aromatic nitrogens is 2. The largest absolute Gasteiger partial charge is 0.366 e. The Labute approximate surface area is 116 Å². The Morgan fingerprint density at radius 1 is 1.30 bits per heavy atom. The van der Waals surface area contributed by atoms with E-state index in [0.717, 1.165) is 18.2 Å². The Morgan fingerprint density at radius 3 is 2.85 bits per heavy atom.